The minimum atomic E-state index is -0.537. The topological polar surface area (TPSA) is 52.7 Å². The van der Waals surface area contributed by atoms with Gasteiger partial charge in [0.05, 0.1) is 6.54 Å². The molecule has 5 nitrogen and oxygen atoms in total. The van der Waals surface area contributed by atoms with Crippen molar-refractivity contribution in [2.24, 2.45) is 0 Å². The average Bonchev–Trinajstić information content (AvgIpc) is 2.97. The maximum absolute atomic E-state index is 14.0. The van der Waals surface area contributed by atoms with Gasteiger partial charge < -0.3 is 10.2 Å². The molecule has 0 spiro atoms. The third-order valence-electron chi connectivity index (χ3n) is 6.29. The highest BCUT2D eigenvalue weighted by Gasteiger charge is 2.36. The highest BCUT2D eigenvalue weighted by atomic mass is 19.1. The lowest BCUT2D eigenvalue weighted by molar-refractivity contribution is -0.123. The van der Waals surface area contributed by atoms with Gasteiger partial charge in [-0.15, -0.1) is 0 Å². The zero-order chi connectivity index (χ0) is 22.3. The molecule has 0 bridgehead atoms. The van der Waals surface area contributed by atoms with E-state index in [1.165, 1.54) is 17.3 Å². The van der Waals surface area contributed by atoms with Crippen molar-refractivity contribution in [2.75, 3.05) is 11.4 Å². The van der Waals surface area contributed by atoms with Gasteiger partial charge >= 0.3 is 6.03 Å². The molecule has 3 amide bonds. The van der Waals surface area contributed by atoms with Gasteiger partial charge in [0.2, 0.25) is 0 Å². The number of amides is 3. The number of imide groups is 1. The molecule has 162 valence electrons. The van der Waals surface area contributed by atoms with Gasteiger partial charge in [-0.05, 0) is 68.5 Å². The van der Waals surface area contributed by atoms with Crippen molar-refractivity contribution in [1.82, 2.24) is 10.2 Å². The van der Waals surface area contributed by atoms with Crippen LogP contribution in [0.4, 0.5) is 14.9 Å². The fourth-order valence-electron chi connectivity index (χ4n) is 4.88. The number of urea groups is 1. The highest BCUT2D eigenvalue weighted by molar-refractivity contribution is 6.13. The molecule has 2 aromatic rings. The molecule has 0 unspecified atom stereocenters. The Morgan fingerprint density at radius 3 is 2.65 bits per heavy atom. The van der Waals surface area contributed by atoms with Crippen LogP contribution < -0.4 is 10.2 Å². The fraction of sp³-hybridized carbons (Fsp3) is 0.360. The molecular formula is C25H28FN3O2. The summed E-state index contributed by atoms with van der Waals surface area (Å²) in [6.07, 6.45) is 2.74. The quantitative estimate of drug-likeness (QED) is 0.556. The van der Waals surface area contributed by atoms with Gasteiger partial charge in [-0.3, -0.25) is 9.69 Å². The van der Waals surface area contributed by atoms with E-state index in [9.17, 15) is 14.0 Å². The number of benzene rings is 2. The van der Waals surface area contributed by atoms with Gasteiger partial charge in [0, 0.05) is 23.3 Å². The molecule has 2 aliphatic heterocycles. The van der Waals surface area contributed by atoms with Crippen molar-refractivity contribution in [1.29, 1.82) is 0 Å². The molecule has 0 aromatic heterocycles. The predicted octanol–water partition coefficient (Wildman–Crippen LogP) is 5.03. The molecule has 2 aromatic carbocycles. The molecule has 1 atom stereocenters. The maximum Gasteiger partial charge on any atom is 0.329 e. The van der Waals surface area contributed by atoms with Crippen molar-refractivity contribution in [3.63, 3.8) is 0 Å². The van der Waals surface area contributed by atoms with Crippen LogP contribution in [0.3, 0.4) is 0 Å². The Morgan fingerprint density at radius 1 is 1.19 bits per heavy atom. The summed E-state index contributed by atoms with van der Waals surface area (Å²) in [4.78, 5) is 28.6. The summed E-state index contributed by atoms with van der Waals surface area (Å²) < 4.78 is 14.0. The van der Waals surface area contributed by atoms with E-state index >= 15 is 0 Å². The van der Waals surface area contributed by atoms with Crippen molar-refractivity contribution < 1.29 is 14.0 Å². The molecule has 1 N–H and O–H groups in total. The maximum atomic E-state index is 14.0. The van der Waals surface area contributed by atoms with Crippen LogP contribution in [-0.2, 0) is 11.3 Å². The largest absolute Gasteiger partial charge is 0.366 e. The molecule has 0 radical (unpaired) electrons. The van der Waals surface area contributed by atoms with Crippen molar-refractivity contribution in [2.45, 2.75) is 52.1 Å². The third-order valence-corrected chi connectivity index (χ3v) is 6.29. The second-order valence-corrected chi connectivity index (χ2v) is 8.95. The Labute approximate surface area is 182 Å². The minimum absolute atomic E-state index is 0.0871. The van der Waals surface area contributed by atoms with Crippen LogP contribution in [0, 0.1) is 5.82 Å². The van der Waals surface area contributed by atoms with Gasteiger partial charge in [-0.25, -0.2) is 9.18 Å². The number of hydrogen-bond acceptors (Lipinski definition) is 3. The Kier molecular flexibility index (Phi) is 5.33. The molecule has 0 saturated carbocycles. The predicted molar refractivity (Wildman–Crippen MR) is 120 cm³/mol. The second-order valence-electron chi connectivity index (χ2n) is 8.95. The lowest BCUT2D eigenvalue weighted by atomic mass is 9.79. The highest BCUT2D eigenvalue weighted by Crippen LogP contribution is 2.43. The van der Waals surface area contributed by atoms with E-state index in [-0.39, 0.29) is 17.8 Å². The molecule has 1 fully saturated rings. The molecule has 4 rings (SSSR count). The number of nitrogens with zero attached hydrogens (tertiary/aromatic N) is 2. The molecule has 31 heavy (non-hydrogen) atoms. The van der Waals surface area contributed by atoms with Gasteiger partial charge in [0.25, 0.3) is 5.91 Å². The summed E-state index contributed by atoms with van der Waals surface area (Å²) >= 11 is 0. The van der Waals surface area contributed by atoms with Crippen LogP contribution in [-0.4, -0.2) is 28.9 Å². The van der Waals surface area contributed by atoms with Gasteiger partial charge in [-0.1, -0.05) is 31.2 Å². The summed E-state index contributed by atoms with van der Waals surface area (Å²) in [6, 6.07) is 11.8. The van der Waals surface area contributed by atoms with E-state index in [4.69, 9.17) is 0 Å². The number of fused-ring (bicyclic) bond motifs is 1. The monoisotopic (exact) mass is 421 g/mol. The second kappa shape index (κ2) is 7.84. The lowest BCUT2D eigenvalue weighted by Crippen LogP contribution is -2.48. The smallest absolute Gasteiger partial charge is 0.329 e. The first-order chi connectivity index (χ1) is 14.7. The normalized spacial score (nSPS) is 21.5. The average molecular weight is 422 g/mol. The Balaban J connectivity index is 1.61. The van der Waals surface area contributed by atoms with Crippen LogP contribution in [0.1, 0.15) is 56.7 Å². The SMILES string of the molecule is CCN1c2ccc(/C=C3\NC(=O)N(Cc4ccccc4F)C3=O)cc2[C@@H](C)CC1(C)C. The fourth-order valence-corrected chi connectivity index (χ4v) is 4.88. The lowest BCUT2D eigenvalue weighted by Gasteiger charge is -2.47. The van der Waals surface area contributed by atoms with E-state index in [0.717, 1.165) is 23.4 Å². The number of carbonyl (C=O) groups is 2. The van der Waals surface area contributed by atoms with Crippen LogP contribution in [0.25, 0.3) is 6.08 Å². The number of hydrogen-bond donors (Lipinski definition) is 1. The standard InChI is InChI=1S/C25H28FN3O2/c1-5-29-22-11-10-17(12-19(22)16(2)14-25(29,3)4)13-21-23(30)28(24(31)27-21)15-18-8-6-7-9-20(18)26/h6-13,16H,5,14-15H2,1-4H3,(H,27,31)/b21-13-/t16-/m0/s1. The summed E-state index contributed by atoms with van der Waals surface area (Å²) in [5, 5.41) is 2.63. The number of carbonyl (C=O) groups excluding carboxylic acids is 2. The number of nitrogens with one attached hydrogen (secondary N) is 1. The molecule has 0 aliphatic carbocycles. The molecular weight excluding hydrogens is 393 g/mol. The van der Waals surface area contributed by atoms with Crippen LogP contribution in [0.15, 0.2) is 48.2 Å². The zero-order valence-electron chi connectivity index (χ0n) is 18.4. The van der Waals surface area contributed by atoms with Crippen LogP contribution >= 0.6 is 0 Å². The Morgan fingerprint density at radius 2 is 1.94 bits per heavy atom. The molecule has 2 heterocycles. The molecule has 2 aliphatic rings. The zero-order valence-corrected chi connectivity index (χ0v) is 18.4. The first kappa shape index (κ1) is 21.1. The van der Waals surface area contributed by atoms with Crippen molar-refractivity contribution >= 4 is 23.7 Å². The summed E-state index contributed by atoms with van der Waals surface area (Å²) in [5.74, 6) is -0.500. The van der Waals surface area contributed by atoms with E-state index in [0.29, 0.717) is 11.5 Å². The Hall–Kier alpha value is -3.15. The van der Waals surface area contributed by atoms with E-state index < -0.39 is 17.8 Å². The summed E-state index contributed by atoms with van der Waals surface area (Å²) in [6.45, 7) is 9.74. The van der Waals surface area contributed by atoms with Gasteiger partial charge in [-0.2, -0.15) is 0 Å². The first-order valence-electron chi connectivity index (χ1n) is 10.7. The summed E-state index contributed by atoms with van der Waals surface area (Å²) in [5.41, 5.74) is 3.92. The van der Waals surface area contributed by atoms with Crippen LogP contribution in [0.5, 0.6) is 0 Å². The van der Waals surface area contributed by atoms with E-state index in [1.807, 2.05) is 6.07 Å². The number of rotatable bonds is 4. The molecule has 1 saturated heterocycles. The van der Waals surface area contributed by atoms with Crippen molar-refractivity contribution in [3.8, 4) is 0 Å². The van der Waals surface area contributed by atoms with E-state index in [2.05, 4.69) is 50.0 Å². The van der Waals surface area contributed by atoms with Gasteiger partial charge in [0.1, 0.15) is 11.5 Å². The minimum Gasteiger partial charge on any atom is -0.366 e. The Bertz CT molecular complexity index is 1080. The molecule has 6 heteroatoms. The van der Waals surface area contributed by atoms with Crippen LogP contribution in [0.2, 0.25) is 0 Å². The summed E-state index contributed by atoms with van der Waals surface area (Å²) in [7, 11) is 0. The van der Waals surface area contributed by atoms with Gasteiger partial charge in [0.15, 0.2) is 0 Å². The first-order valence-corrected chi connectivity index (χ1v) is 10.7. The number of anilines is 1. The van der Waals surface area contributed by atoms with Crippen molar-refractivity contribution in [3.05, 3.63) is 70.7 Å². The third kappa shape index (κ3) is 3.82. The number of halogens is 1. The van der Waals surface area contributed by atoms with E-state index in [1.54, 1.807) is 24.3 Å².